The Balaban J connectivity index is 2.04. The monoisotopic (exact) mass is 324 g/mol. The summed E-state index contributed by atoms with van der Waals surface area (Å²) in [4.78, 5) is 2.50. The molecule has 1 fully saturated rings. The third-order valence-corrected chi connectivity index (χ3v) is 4.65. The first-order valence-corrected chi connectivity index (χ1v) is 8.28. The van der Waals surface area contributed by atoms with Gasteiger partial charge in [-0.2, -0.15) is 0 Å². The Morgan fingerprint density at radius 3 is 2.63 bits per heavy atom. The van der Waals surface area contributed by atoms with E-state index < -0.39 is 0 Å². The number of hydrogen-bond donors (Lipinski definition) is 1. The predicted octanol–water partition coefficient (Wildman–Crippen LogP) is 4.19. The molecule has 0 heterocycles. The fraction of sp³-hybridized carbons (Fsp3) is 0.625. The van der Waals surface area contributed by atoms with Gasteiger partial charge in [-0.05, 0) is 65.9 Å². The summed E-state index contributed by atoms with van der Waals surface area (Å²) in [6.45, 7) is 8.65. The molecule has 0 aromatic heterocycles. The summed E-state index contributed by atoms with van der Waals surface area (Å²) in [7, 11) is 0. The smallest absolute Gasteiger partial charge is 0.0510 e. The van der Waals surface area contributed by atoms with Crippen LogP contribution >= 0.6 is 15.9 Å². The van der Waals surface area contributed by atoms with Gasteiger partial charge in [-0.25, -0.2) is 0 Å². The molecule has 1 aromatic rings. The fourth-order valence-electron chi connectivity index (χ4n) is 2.57. The lowest BCUT2D eigenvalue weighted by Gasteiger charge is -2.33. The van der Waals surface area contributed by atoms with Crippen LogP contribution in [-0.2, 0) is 6.54 Å². The molecule has 2 nitrogen and oxygen atoms in total. The first-order valence-electron chi connectivity index (χ1n) is 7.48. The molecule has 0 unspecified atom stereocenters. The second kappa shape index (κ2) is 7.30. The standard InChI is InChI=1S/C16H25BrN2/c1-3-18-11-14-8-9-16(15(17)10-14)19(4-2)12-13-6-5-7-13/h8-10,13,18H,3-7,11-12H2,1-2H3. The summed E-state index contributed by atoms with van der Waals surface area (Å²) in [5.41, 5.74) is 2.69. The Kier molecular flexibility index (Phi) is 5.71. The van der Waals surface area contributed by atoms with Gasteiger partial charge in [0.1, 0.15) is 0 Å². The molecule has 1 saturated carbocycles. The van der Waals surface area contributed by atoms with Crippen LogP contribution in [0.5, 0.6) is 0 Å². The van der Waals surface area contributed by atoms with Gasteiger partial charge >= 0.3 is 0 Å². The molecule has 19 heavy (non-hydrogen) atoms. The summed E-state index contributed by atoms with van der Waals surface area (Å²) in [6, 6.07) is 6.76. The molecular weight excluding hydrogens is 300 g/mol. The van der Waals surface area contributed by atoms with Crippen molar-refractivity contribution in [1.82, 2.24) is 5.32 Å². The molecule has 1 aromatic carbocycles. The highest BCUT2D eigenvalue weighted by Crippen LogP contribution is 2.32. The van der Waals surface area contributed by atoms with E-state index in [2.05, 4.69) is 58.2 Å². The third-order valence-electron chi connectivity index (χ3n) is 4.02. The van der Waals surface area contributed by atoms with Gasteiger partial charge in [-0.15, -0.1) is 0 Å². The van der Waals surface area contributed by atoms with Crippen molar-refractivity contribution in [1.29, 1.82) is 0 Å². The summed E-state index contributed by atoms with van der Waals surface area (Å²) >= 11 is 3.74. The van der Waals surface area contributed by atoms with Crippen molar-refractivity contribution in [2.75, 3.05) is 24.5 Å². The second-order valence-corrected chi connectivity index (χ2v) is 6.26. The van der Waals surface area contributed by atoms with Crippen molar-refractivity contribution in [3.8, 4) is 0 Å². The fourth-order valence-corrected chi connectivity index (χ4v) is 3.25. The van der Waals surface area contributed by atoms with Crippen molar-refractivity contribution in [3.05, 3.63) is 28.2 Å². The first kappa shape index (κ1) is 14.9. The van der Waals surface area contributed by atoms with Gasteiger partial charge in [0.05, 0.1) is 5.69 Å². The van der Waals surface area contributed by atoms with Crippen LogP contribution in [0.1, 0.15) is 38.7 Å². The van der Waals surface area contributed by atoms with Gasteiger partial charge in [0, 0.05) is 24.1 Å². The number of anilines is 1. The van der Waals surface area contributed by atoms with E-state index in [1.807, 2.05) is 0 Å². The zero-order chi connectivity index (χ0) is 13.7. The van der Waals surface area contributed by atoms with Gasteiger partial charge in [0.25, 0.3) is 0 Å². The average Bonchev–Trinajstić information content (AvgIpc) is 2.36. The summed E-state index contributed by atoms with van der Waals surface area (Å²) < 4.78 is 1.23. The van der Waals surface area contributed by atoms with E-state index in [-0.39, 0.29) is 0 Å². The average molecular weight is 325 g/mol. The molecule has 0 bridgehead atoms. The SMILES string of the molecule is CCNCc1ccc(N(CC)CC2CCC2)c(Br)c1. The van der Waals surface area contributed by atoms with Gasteiger partial charge in [-0.3, -0.25) is 0 Å². The van der Waals surface area contributed by atoms with Crippen LogP contribution in [0, 0.1) is 5.92 Å². The van der Waals surface area contributed by atoms with E-state index in [1.165, 1.54) is 41.5 Å². The number of halogens is 1. The minimum Gasteiger partial charge on any atom is -0.371 e. The Morgan fingerprint density at radius 2 is 2.11 bits per heavy atom. The molecule has 106 valence electrons. The molecule has 3 heteroatoms. The Morgan fingerprint density at radius 1 is 1.32 bits per heavy atom. The summed E-state index contributed by atoms with van der Waals surface area (Å²) in [5, 5.41) is 3.37. The lowest BCUT2D eigenvalue weighted by Crippen LogP contribution is -2.32. The molecule has 2 rings (SSSR count). The Labute approximate surface area is 125 Å². The van der Waals surface area contributed by atoms with Crippen LogP contribution in [-0.4, -0.2) is 19.6 Å². The van der Waals surface area contributed by atoms with E-state index in [0.717, 1.165) is 25.6 Å². The quantitative estimate of drug-likeness (QED) is 0.809. The van der Waals surface area contributed by atoms with Crippen LogP contribution in [0.4, 0.5) is 5.69 Å². The van der Waals surface area contributed by atoms with Crippen LogP contribution < -0.4 is 10.2 Å². The molecule has 0 saturated heterocycles. The van der Waals surface area contributed by atoms with Crippen molar-refractivity contribution in [2.24, 2.45) is 5.92 Å². The van der Waals surface area contributed by atoms with Crippen molar-refractivity contribution < 1.29 is 0 Å². The highest BCUT2D eigenvalue weighted by molar-refractivity contribution is 9.10. The molecule has 1 N–H and O–H groups in total. The third kappa shape index (κ3) is 3.96. The molecule has 0 atom stereocenters. The van der Waals surface area contributed by atoms with Crippen LogP contribution in [0.3, 0.4) is 0 Å². The van der Waals surface area contributed by atoms with Crippen molar-refractivity contribution in [2.45, 2.75) is 39.7 Å². The normalized spacial score (nSPS) is 15.3. The van der Waals surface area contributed by atoms with Gasteiger partial charge in [0.15, 0.2) is 0 Å². The predicted molar refractivity (Wildman–Crippen MR) is 86.8 cm³/mol. The van der Waals surface area contributed by atoms with E-state index in [9.17, 15) is 0 Å². The lowest BCUT2D eigenvalue weighted by atomic mass is 9.85. The van der Waals surface area contributed by atoms with Crippen LogP contribution in [0.15, 0.2) is 22.7 Å². The van der Waals surface area contributed by atoms with Gasteiger partial charge < -0.3 is 10.2 Å². The summed E-state index contributed by atoms with van der Waals surface area (Å²) in [5.74, 6) is 0.910. The lowest BCUT2D eigenvalue weighted by molar-refractivity contribution is 0.318. The van der Waals surface area contributed by atoms with E-state index in [0.29, 0.717) is 0 Å². The first-order chi connectivity index (χ1) is 9.24. The number of benzene rings is 1. The van der Waals surface area contributed by atoms with Gasteiger partial charge in [0.2, 0.25) is 0 Å². The number of nitrogens with zero attached hydrogens (tertiary/aromatic N) is 1. The highest BCUT2D eigenvalue weighted by Gasteiger charge is 2.21. The van der Waals surface area contributed by atoms with Crippen LogP contribution in [0.25, 0.3) is 0 Å². The Hall–Kier alpha value is -0.540. The maximum absolute atomic E-state index is 3.74. The van der Waals surface area contributed by atoms with Gasteiger partial charge in [-0.1, -0.05) is 19.4 Å². The summed E-state index contributed by atoms with van der Waals surface area (Å²) in [6.07, 6.45) is 4.24. The second-order valence-electron chi connectivity index (χ2n) is 5.40. The number of nitrogens with one attached hydrogen (secondary N) is 1. The van der Waals surface area contributed by atoms with E-state index in [1.54, 1.807) is 0 Å². The zero-order valence-corrected chi connectivity index (χ0v) is 13.7. The highest BCUT2D eigenvalue weighted by atomic mass is 79.9. The van der Waals surface area contributed by atoms with Crippen LogP contribution in [0.2, 0.25) is 0 Å². The molecule has 0 radical (unpaired) electrons. The largest absolute Gasteiger partial charge is 0.371 e. The zero-order valence-electron chi connectivity index (χ0n) is 12.1. The topological polar surface area (TPSA) is 15.3 Å². The Bertz CT molecular complexity index is 402. The molecule has 0 aliphatic heterocycles. The number of rotatable bonds is 7. The number of hydrogen-bond acceptors (Lipinski definition) is 2. The molecule has 1 aliphatic carbocycles. The minimum absolute atomic E-state index is 0.910. The maximum Gasteiger partial charge on any atom is 0.0510 e. The molecule has 1 aliphatic rings. The molecule has 0 amide bonds. The maximum atomic E-state index is 3.74. The van der Waals surface area contributed by atoms with E-state index in [4.69, 9.17) is 0 Å². The molecular formula is C16H25BrN2. The van der Waals surface area contributed by atoms with Crippen molar-refractivity contribution in [3.63, 3.8) is 0 Å². The van der Waals surface area contributed by atoms with E-state index >= 15 is 0 Å². The molecule has 0 spiro atoms. The minimum atomic E-state index is 0.910. The van der Waals surface area contributed by atoms with Crippen molar-refractivity contribution >= 4 is 21.6 Å².